The third-order valence-electron chi connectivity index (χ3n) is 2.23. The summed E-state index contributed by atoms with van der Waals surface area (Å²) in [6.07, 6.45) is 2.48. The van der Waals surface area contributed by atoms with Gasteiger partial charge in [0.1, 0.15) is 0 Å². The Labute approximate surface area is 78.9 Å². The average Bonchev–Trinajstić information content (AvgIpc) is 1.93. The van der Waals surface area contributed by atoms with Crippen molar-refractivity contribution in [2.75, 3.05) is 6.54 Å². The van der Waals surface area contributed by atoms with Gasteiger partial charge in [0.15, 0.2) is 0 Å². The molecule has 0 aromatic rings. The molecular formula is C8H16ClNO2. The summed E-state index contributed by atoms with van der Waals surface area (Å²) in [4.78, 5) is 10.3. The van der Waals surface area contributed by atoms with Gasteiger partial charge in [-0.1, -0.05) is 0 Å². The molecule has 0 bridgehead atoms. The van der Waals surface area contributed by atoms with Crippen LogP contribution in [0.15, 0.2) is 0 Å². The summed E-state index contributed by atoms with van der Waals surface area (Å²) < 4.78 is 0. The van der Waals surface area contributed by atoms with E-state index in [0.717, 1.165) is 19.4 Å². The third-order valence-corrected chi connectivity index (χ3v) is 2.23. The lowest BCUT2D eigenvalue weighted by molar-refractivity contribution is -0.138. The predicted octanol–water partition coefficient (Wildman–Crippen LogP) is 1.27. The highest BCUT2D eigenvalue weighted by Gasteiger charge is 2.19. The smallest absolute Gasteiger partial charge is 0.303 e. The highest BCUT2D eigenvalue weighted by Crippen LogP contribution is 2.16. The highest BCUT2D eigenvalue weighted by atomic mass is 35.5. The van der Waals surface area contributed by atoms with Crippen molar-refractivity contribution in [2.45, 2.75) is 32.2 Å². The lowest BCUT2D eigenvalue weighted by atomic mass is 9.93. The molecule has 0 aromatic heterocycles. The summed E-state index contributed by atoms with van der Waals surface area (Å²) in [5, 5.41) is 11.8. The van der Waals surface area contributed by atoms with Gasteiger partial charge in [0, 0.05) is 12.5 Å². The van der Waals surface area contributed by atoms with Crippen LogP contribution in [0.3, 0.4) is 0 Å². The number of nitrogens with one attached hydrogen (secondary N) is 1. The van der Waals surface area contributed by atoms with E-state index in [1.165, 1.54) is 0 Å². The molecule has 0 radical (unpaired) electrons. The van der Waals surface area contributed by atoms with Gasteiger partial charge >= 0.3 is 5.97 Å². The van der Waals surface area contributed by atoms with Gasteiger partial charge in [0.25, 0.3) is 0 Å². The number of aliphatic carboxylic acids is 1. The van der Waals surface area contributed by atoms with Crippen LogP contribution in [0.5, 0.6) is 0 Å². The number of carboxylic acids is 1. The monoisotopic (exact) mass is 193 g/mol. The average molecular weight is 194 g/mol. The Bertz CT molecular complexity index is 144. The molecule has 1 aliphatic heterocycles. The van der Waals surface area contributed by atoms with Gasteiger partial charge in [0.2, 0.25) is 0 Å². The molecule has 0 spiro atoms. The van der Waals surface area contributed by atoms with Gasteiger partial charge in [-0.15, -0.1) is 12.4 Å². The van der Waals surface area contributed by atoms with E-state index in [1.807, 2.05) is 0 Å². The van der Waals surface area contributed by atoms with Gasteiger partial charge in [-0.05, 0) is 32.2 Å². The van der Waals surface area contributed by atoms with Gasteiger partial charge in [-0.3, -0.25) is 4.79 Å². The zero-order chi connectivity index (χ0) is 8.27. The van der Waals surface area contributed by atoms with E-state index in [4.69, 9.17) is 5.11 Å². The third kappa shape index (κ3) is 3.93. The zero-order valence-corrected chi connectivity index (χ0v) is 8.06. The molecule has 0 saturated carbocycles. The first-order chi connectivity index (χ1) is 5.18. The number of halogens is 1. The molecule has 2 N–H and O–H groups in total. The standard InChI is InChI=1S/C8H15NO2.ClH/c1-6-2-3-7(5-9-6)4-8(10)11;/h6-7,9H,2-5H2,1H3,(H,10,11);1H. The van der Waals surface area contributed by atoms with Crippen molar-refractivity contribution >= 4 is 18.4 Å². The summed E-state index contributed by atoms with van der Waals surface area (Å²) >= 11 is 0. The molecule has 1 aliphatic rings. The molecular weight excluding hydrogens is 178 g/mol. The van der Waals surface area contributed by atoms with Gasteiger partial charge < -0.3 is 10.4 Å². The molecule has 12 heavy (non-hydrogen) atoms. The Balaban J connectivity index is 0.00000121. The summed E-state index contributed by atoms with van der Waals surface area (Å²) in [5.74, 6) is -0.324. The Hall–Kier alpha value is -0.280. The predicted molar refractivity (Wildman–Crippen MR) is 49.7 cm³/mol. The Morgan fingerprint density at radius 1 is 1.58 bits per heavy atom. The highest BCUT2D eigenvalue weighted by molar-refractivity contribution is 5.85. The van der Waals surface area contributed by atoms with Crippen molar-refractivity contribution in [3.63, 3.8) is 0 Å². The molecule has 0 aliphatic carbocycles. The molecule has 4 heteroatoms. The van der Waals surface area contributed by atoms with Crippen LogP contribution in [-0.4, -0.2) is 23.7 Å². The zero-order valence-electron chi connectivity index (χ0n) is 7.25. The fraction of sp³-hybridized carbons (Fsp3) is 0.875. The molecule has 1 saturated heterocycles. The largest absolute Gasteiger partial charge is 0.481 e. The van der Waals surface area contributed by atoms with Crippen LogP contribution in [0.4, 0.5) is 0 Å². The van der Waals surface area contributed by atoms with E-state index < -0.39 is 5.97 Å². The van der Waals surface area contributed by atoms with E-state index in [-0.39, 0.29) is 12.4 Å². The number of hydrogen-bond acceptors (Lipinski definition) is 2. The van der Waals surface area contributed by atoms with Crippen LogP contribution in [0.1, 0.15) is 26.2 Å². The minimum Gasteiger partial charge on any atom is -0.481 e. The van der Waals surface area contributed by atoms with Crippen LogP contribution >= 0.6 is 12.4 Å². The number of hydrogen-bond donors (Lipinski definition) is 2. The summed E-state index contributed by atoms with van der Waals surface area (Å²) in [6, 6.07) is 0.569. The van der Waals surface area contributed by atoms with E-state index in [9.17, 15) is 4.79 Å². The number of carbonyl (C=O) groups is 1. The molecule has 2 unspecified atom stereocenters. The van der Waals surface area contributed by atoms with Crippen LogP contribution < -0.4 is 5.32 Å². The second-order valence-corrected chi connectivity index (χ2v) is 3.35. The van der Waals surface area contributed by atoms with Crippen LogP contribution in [0.25, 0.3) is 0 Å². The molecule has 0 amide bonds. The SMILES string of the molecule is CC1CCC(CC(=O)O)CN1.Cl. The Morgan fingerprint density at radius 3 is 2.67 bits per heavy atom. The van der Waals surface area contributed by atoms with Crippen LogP contribution in [-0.2, 0) is 4.79 Å². The topological polar surface area (TPSA) is 49.3 Å². The fourth-order valence-electron chi connectivity index (χ4n) is 1.48. The maximum absolute atomic E-state index is 10.3. The molecule has 3 nitrogen and oxygen atoms in total. The van der Waals surface area contributed by atoms with Crippen molar-refractivity contribution in [2.24, 2.45) is 5.92 Å². The molecule has 1 rings (SSSR count). The normalized spacial score (nSPS) is 29.1. The Morgan fingerprint density at radius 2 is 2.25 bits per heavy atom. The lowest BCUT2D eigenvalue weighted by Crippen LogP contribution is -2.37. The maximum Gasteiger partial charge on any atom is 0.303 e. The molecule has 2 atom stereocenters. The van der Waals surface area contributed by atoms with E-state index in [0.29, 0.717) is 18.4 Å². The minimum atomic E-state index is -0.675. The first-order valence-corrected chi connectivity index (χ1v) is 4.13. The molecule has 72 valence electrons. The molecule has 1 heterocycles. The maximum atomic E-state index is 10.3. The van der Waals surface area contributed by atoms with Gasteiger partial charge in [-0.2, -0.15) is 0 Å². The van der Waals surface area contributed by atoms with E-state index in [2.05, 4.69) is 12.2 Å². The Kier molecular flexibility index (Phi) is 5.25. The molecule has 0 aromatic carbocycles. The second-order valence-electron chi connectivity index (χ2n) is 3.35. The van der Waals surface area contributed by atoms with E-state index in [1.54, 1.807) is 0 Å². The quantitative estimate of drug-likeness (QED) is 0.695. The van der Waals surface area contributed by atoms with Crippen LogP contribution in [0, 0.1) is 5.92 Å². The summed E-state index contributed by atoms with van der Waals surface area (Å²) in [5.41, 5.74) is 0. The first kappa shape index (κ1) is 11.7. The minimum absolute atomic E-state index is 0. The summed E-state index contributed by atoms with van der Waals surface area (Å²) in [7, 11) is 0. The lowest BCUT2D eigenvalue weighted by Gasteiger charge is -2.26. The summed E-state index contributed by atoms with van der Waals surface area (Å²) in [6.45, 7) is 3.00. The van der Waals surface area contributed by atoms with Crippen LogP contribution in [0.2, 0.25) is 0 Å². The number of piperidine rings is 1. The van der Waals surface area contributed by atoms with Gasteiger partial charge in [-0.25, -0.2) is 0 Å². The van der Waals surface area contributed by atoms with Crippen molar-refractivity contribution in [1.82, 2.24) is 5.32 Å². The van der Waals surface area contributed by atoms with Crippen molar-refractivity contribution in [1.29, 1.82) is 0 Å². The first-order valence-electron chi connectivity index (χ1n) is 4.13. The van der Waals surface area contributed by atoms with Crippen molar-refractivity contribution < 1.29 is 9.90 Å². The number of rotatable bonds is 2. The van der Waals surface area contributed by atoms with E-state index >= 15 is 0 Å². The number of carboxylic acid groups (broad SMARTS) is 1. The van der Waals surface area contributed by atoms with Crippen molar-refractivity contribution in [3.05, 3.63) is 0 Å². The van der Waals surface area contributed by atoms with Crippen molar-refractivity contribution in [3.8, 4) is 0 Å². The van der Waals surface area contributed by atoms with Gasteiger partial charge in [0.05, 0.1) is 0 Å². The fourth-order valence-corrected chi connectivity index (χ4v) is 1.48. The molecule has 1 fully saturated rings. The second kappa shape index (κ2) is 5.38.